The summed E-state index contributed by atoms with van der Waals surface area (Å²) in [6.07, 6.45) is 3.53. The molecule has 0 aliphatic rings. The highest BCUT2D eigenvalue weighted by atomic mass is 16.4. The van der Waals surface area contributed by atoms with Gasteiger partial charge in [0, 0.05) is 24.9 Å². The molecule has 0 spiro atoms. The number of aromatic amines is 1. The summed E-state index contributed by atoms with van der Waals surface area (Å²) in [6.45, 7) is 0.113. The fourth-order valence-electron chi connectivity index (χ4n) is 0.855. The van der Waals surface area contributed by atoms with Crippen molar-refractivity contribution in [3.8, 4) is 0 Å². The molecule has 1 aromatic rings. The number of allylic oxidation sites excluding steroid dienone is 1. The average molecular weight is 196 g/mol. The SMILES string of the molecule is O=C(O)C=CCn1ccc(=O)[nH]c1=O. The van der Waals surface area contributed by atoms with E-state index in [2.05, 4.69) is 0 Å². The van der Waals surface area contributed by atoms with Crippen molar-refractivity contribution in [2.24, 2.45) is 0 Å². The third-order valence-corrected chi connectivity index (χ3v) is 1.46. The highest BCUT2D eigenvalue weighted by molar-refractivity contribution is 5.79. The minimum absolute atomic E-state index is 0.113. The normalized spacial score (nSPS) is 10.6. The maximum Gasteiger partial charge on any atom is 0.328 e. The summed E-state index contributed by atoms with van der Waals surface area (Å²) in [5.41, 5.74) is -1.04. The standard InChI is InChI=1S/C8H8N2O4/c11-6-3-5-10(8(14)9-6)4-1-2-7(12)13/h1-3,5H,4H2,(H,12,13)(H,9,11,14). The van der Waals surface area contributed by atoms with Gasteiger partial charge in [-0.2, -0.15) is 0 Å². The second kappa shape index (κ2) is 4.22. The first-order chi connectivity index (χ1) is 6.59. The van der Waals surface area contributed by atoms with Gasteiger partial charge in [0.1, 0.15) is 0 Å². The van der Waals surface area contributed by atoms with Crippen LogP contribution in [0, 0.1) is 0 Å². The van der Waals surface area contributed by atoms with Crippen LogP contribution in [-0.4, -0.2) is 20.6 Å². The highest BCUT2D eigenvalue weighted by Gasteiger charge is 1.93. The van der Waals surface area contributed by atoms with Crippen LogP contribution in [0.5, 0.6) is 0 Å². The lowest BCUT2D eigenvalue weighted by atomic mass is 10.5. The van der Waals surface area contributed by atoms with E-state index in [1.54, 1.807) is 0 Å². The van der Waals surface area contributed by atoms with Crippen molar-refractivity contribution in [3.63, 3.8) is 0 Å². The molecule has 0 aliphatic heterocycles. The summed E-state index contributed by atoms with van der Waals surface area (Å²) in [6, 6.07) is 1.19. The van der Waals surface area contributed by atoms with E-state index in [-0.39, 0.29) is 6.54 Å². The van der Waals surface area contributed by atoms with Gasteiger partial charge in [-0.05, 0) is 0 Å². The summed E-state index contributed by atoms with van der Waals surface area (Å²) in [4.78, 5) is 33.8. The molecule has 0 bridgehead atoms. The molecule has 0 aromatic carbocycles. The van der Waals surface area contributed by atoms with Gasteiger partial charge in [0.05, 0.1) is 0 Å². The first-order valence-electron chi connectivity index (χ1n) is 3.79. The number of carboxylic acid groups (broad SMARTS) is 1. The van der Waals surface area contributed by atoms with Crippen LogP contribution in [-0.2, 0) is 11.3 Å². The third kappa shape index (κ3) is 2.74. The number of aromatic nitrogens is 2. The molecule has 0 atom stereocenters. The summed E-state index contributed by atoms with van der Waals surface area (Å²) >= 11 is 0. The quantitative estimate of drug-likeness (QED) is 0.617. The topological polar surface area (TPSA) is 92.2 Å². The molecule has 0 amide bonds. The van der Waals surface area contributed by atoms with E-state index in [1.165, 1.54) is 22.9 Å². The van der Waals surface area contributed by atoms with Crippen molar-refractivity contribution in [2.75, 3.05) is 0 Å². The molecule has 0 fully saturated rings. The molecule has 6 heteroatoms. The number of rotatable bonds is 3. The van der Waals surface area contributed by atoms with Gasteiger partial charge in [0.2, 0.25) is 0 Å². The van der Waals surface area contributed by atoms with E-state index < -0.39 is 17.2 Å². The number of hydrogen-bond donors (Lipinski definition) is 2. The van der Waals surface area contributed by atoms with Crippen LogP contribution in [0.4, 0.5) is 0 Å². The molecule has 2 N–H and O–H groups in total. The minimum Gasteiger partial charge on any atom is -0.478 e. The number of H-pyrrole nitrogens is 1. The largest absolute Gasteiger partial charge is 0.478 e. The lowest BCUT2D eigenvalue weighted by Crippen LogP contribution is -2.28. The first kappa shape index (κ1) is 9.97. The first-order valence-corrected chi connectivity index (χ1v) is 3.79. The van der Waals surface area contributed by atoms with Gasteiger partial charge in [-0.3, -0.25) is 14.3 Å². The van der Waals surface area contributed by atoms with Gasteiger partial charge < -0.3 is 5.11 Å². The second-order valence-electron chi connectivity index (χ2n) is 2.50. The van der Waals surface area contributed by atoms with Crippen molar-refractivity contribution in [1.29, 1.82) is 0 Å². The van der Waals surface area contributed by atoms with Gasteiger partial charge >= 0.3 is 11.7 Å². The average Bonchev–Trinajstić information content (AvgIpc) is 2.08. The van der Waals surface area contributed by atoms with E-state index in [9.17, 15) is 14.4 Å². The molecule has 6 nitrogen and oxygen atoms in total. The Morgan fingerprint density at radius 3 is 2.86 bits per heavy atom. The summed E-state index contributed by atoms with van der Waals surface area (Å²) in [7, 11) is 0. The van der Waals surface area contributed by atoms with E-state index in [0.29, 0.717) is 0 Å². The molecular formula is C8H8N2O4. The zero-order chi connectivity index (χ0) is 10.6. The molecular weight excluding hydrogens is 188 g/mol. The van der Waals surface area contributed by atoms with Crippen molar-refractivity contribution in [3.05, 3.63) is 45.3 Å². The van der Waals surface area contributed by atoms with Gasteiger partial charge in [-0.25, -0.2) is 9.59 Å². The van der Waals surface area contributed by atoms with Gasteiger partial charge in [0.25, 0.3) is 5.56 Å². The van der Waals surface area contributed by atoms with Crippen LogP contribution in [0.1, 0.15) is 0 Å². The molecule has 1 rings (SSSR count). The maximum atomic E-state index is 11.0. The number of nitrogens with one attached hydrogen (secondary N) is 1. The fraction of sp³-hybridized carbons (Fsp3) is 0.125. The van der Waals surface area contributed by atoms with Crippen LogP contribution in [0.25, 0.3) is 0 Å². The Labute approximate surface area is 78.1 Å². The van der Waals surface area contributed by atoms with E-state index in [0.717, 1.165) is 6.08 Å². The molecule has 0 saturated carbocycles. The van der Waals surface area contributed by atoms with Crippen LogP contribution in [0.2, 0.25) is 0 Å². The number of carboxylic acids is 1. The Hall–Kier alpha value is -2.11. The molecule has 1 heterocycles. The van der Waals surface area contributed by atoms with Crippen LogP contribution >= 0.6 is 0 Å². The van der Waals surface area contributed by atoms with E-state index in [1.807, 2.05) is 4.98 Å². The predicted molar refractivity (Wildman–Crippen MR) is 48.1 cm³/mol. The van der Waals surface area contributed by atoms with E-state index in [4.69, 9.17) is 5.11 Å². The van der Waals surface area contributed by atoms with Crippen molar-refractivity contribution in [2.45, 2.75) is 6.54 Å². The van der Waals surface area contributed by atoms with Crippen molar-refractivity contribution >= 4 is 5.97 Å². The predicted octanol–water partition coefficient (Wildman–Crippen LogP) is -0.823. The number of nitrogens with zero attached hydrogens (tertiary/aromatic N) is 1. The lowest BCUT2D eigenvalue weighted by Gasteiger charge is -1.97. The molecule has 14 heavy (non-hydrogen) atoms. The lowest BCUT2D eigenvalue weighted by molar-refractivity contribution is -0.131. The van der Waals surface area contributed by atoms with Crippen molar-refractivity contribution < 1.29 is 9.90 Å². The van der Waals surface area contributed by atoms with Crippen LogP contribution in [0.15, 0.2) is 34.0 Å². The minimum atomic E-state index is -1.08. The smallest absolute Gasteiger partial charge is 0.328 e. The van der Waals surface area contributed by atoms with Gasteiger partial charge in [-0.1, -0.05) is 6.08 Å². The second-order valence-corrected chi connectivity index (χ2v) is 2.50. The number of hydrogen-bond acceptors (Lipinski definition) is 3. The fourth-order valence-corrected chi connectivity index (χ4v) is 0.855. The Balaban J connectivity index is 2.83. The molecule has 74 valence electrons. The molecule has 0 saturated heterocycles. The Morgan fingerprint density at radius 1 is 1.57 bits per heavy atom. The van der Waals surface area contributed by atoms with E-state index >= 15 is 0 Å². The molecule has 1 aromatic heterocycles. The summed E-state index contributed by atoms with van der Waals surface area (Å²) < 4.78 is 1.18. The monoisotopic (exact) mass is 196 g/mol. The van der Waals surface area contributed by atoms with Crippen LogP contribution in [0.3, 0.4) is 0 Å². The van der Waals surface area contributed by atoms with Gasteiger partial charge in [0.15, 0.2) is 0 Å². The zero-order valence-corrected chi connectivity index (χ0v) is 7.14. The third-order valence-electron chi connectivity index (χ3n) is 1.46. The molecule has 0 unspecified atom stereocenters. The Bertz CT molecular complexity index is 469. The number of aliphatic carboxylic acids is 1. The Morgan fingerprint density at radius 2 is 2.29 bits per heavy atom. The summed E-state index contributed by atoms with van der Waals surface area (Å²) in [5, 5.41) is 8.27. The zero-order valence-electron chi connectivity index (χ0n) is 7.14. The molecule has 0 aliphatic carbocycles. The highest BCUT2D eigenvalue weighted by Crippen LogP contribution is 1.80. The Kier molecular flexibility index (Phi) is 3.01. The van der Waals surface area contributed by atoms with Gasteiger partial charge in [-0.15, -0.1) is 0 Å². The number of carbonyl (C=O) groups is 1. The molecule has 0 radical (unpaired) electrons. The maximum absolute atomic E-state index is 11.0. The van der Waals surface area contributed by atoms with Crippen molar-refractivity contribution in [1.82, 2.24) is 9.55 Å². The van der Waals surface area contributed by atoms with Crippen LogP contribution < -0.4 is 11.2 Å². The summed E-state index contributed by atoms with van der Waals surface area (Å²) in [5.74, 6) is -1.08.